The Balaban J connectivity index is 2.06. The molecule has 0 aromatic heterocycles. The summed E-state index contributed by atoms with van der Waals surface area (Å²) in [5.74, 6) is 0. The van der Waals surface area contributed by atoms with Gasteiger partial charge in [-0.1, -0.05) is 61.5 Å². The number of rotatable bonds is 3. The standard InChI is InChI=1S/C18H21N/c1-3-14(2)19-13-16-11-7-8-12-17(16)18(19)15-9-5-4-6-10-15/h4-12,14,18H,3,13H2,1-2H3. The van der Waals surface area contributed by atoms with Crippen LogP contribution in [0.2, 0.25) is 0 Å². The molecule has 19 heavy (non-hydrogen) atoms. The molecule has 98 valence electrons. The Kier molecular flexibility index (Phi) is 3.39. The lowest BCUT2D eigenvalue weighted by molar-refractivity contribution is 0.176. The first-order valence-electron chi connectivity index (χ1n) is 7.19. The van der Waals surface area contributed by atoms with Crippen molar-refractivity contribution in [2.75, 3.05) is 0 Å². The lowest BCUT2D eigenvalue weighted by Crippen LogP contribution is -2.31. The number of hydrogen-bond acceptors (Lipinski definition) is 1. The van der Waals surface area contributed by atoms with Crippen LogP contribution in [0.15, 0.2) is 54.6 Å². The van der Waals surface area contributed by atoms with Crippen molar-refractivity contribution < 1.29 is 0 Å². The normalized spacial score (nSPS) is 20.2. The van der Waals surface area contributed by atoms with Gasteiger partial charge in [0.2, 0.25) is 0 Å². The van der Waals surface area contributed by atoms with Crippen molar-refractivity contribution in [3.8, 4) is 0 Å². The minimum absolute atomic E-state index is 0.423. The van der Waals surface area contributed by atoms with E-state index in [2.05, 4.69) is 73.3 Å². The molecule has 3 rings (SSSR count). The van der Waals surface area contributed by atoms with Crippen LogP contribution >= 0.6 is 0 Å². The molecule has 1 heteroatoms. The van der Waals surface area contributed by atoms with Crippen molar-refractivity contribution in [1.29, 1.82) is 0 Å². The van der Waals surface area contributed by atoms with E-state index < -0.39 is 0 Å². The third-order valence-corrected chi connectivity index (χ3v) is 4.31. The maximum atomic E-state index is 2.62. The zero-order valence-corrected chi connectivity index (χ0v) is 11.7. The molecule has 2 aromatic carbocycles. The van der Waals surface area contributed by atoms with Crippen LogP contribution in [0.25, 0.3) is 0 Å². The molecule has 2 unspecified atom stereocenters. The molecule has 1 heterocycles. The van der Waals surface area contributed by atoms with E-state index >= 15 is 0 Å². The molecule has 0 saturated carbocycles. The van der Waals surface area contributed by atoms with Gasteiger partial charge in [0.25, 0.3) is 0 Å². The first-order valence-corrected chi connectivity index (χ1v) is 7.19. The van der Waals surface area contributed by atoms with Gasteiger partial charge in [-0.2, -0.15) is 0 Å². The highest BCUT2D eigenvalue weighted by Crippen LogP contribution is 2.39. The molecule has 0 N–H and O–H groups in total. The van der Waals surface area contributed by atoms with Crippen LogP contribution < -0.4 is 0 Å². The van der Waals surface area contributed by atoms with Crippen molar-refractivity contribution in [3.05, 3.63) is 71.3 Å². The zero-order valence-electron chi connectivity index (χ0n) is 11.7. The van der Waals surface area contributed by atoms with Crippen LogP contribution in [0.5, 0.6) is 0 Å². The van der Waals surface area contributed by atoms with Gasteiger partial charge in [0.1, 0.15) is 0 Å². The lowest BCUT2D eigenvalue weighted by Gasteiger charge is -2.30. The van der Waals surface area contributed by atoms with Gasteiger partial charge in [-0.25, -0.2) is 0 Å². The molecule has 0 radical (unpaired) electrons. The summed E-state index contributed by atoms with van der Waals surface area (Å²) in [7, 11) is 0. The Labute approximate surface area is 115 Å². The minimum Gasteiger partial charge on any atom is -0.285 e. The summed E-state index contributed by atoms with van der Waals surface area (Å²) in [6.45, 7) is 5.68. The van der Waals surface area contributed by atoms with E-state index in [1.807, 2.05) is 0 Å². The molecule has 0 fully saturated rings. The predicted octanol–water partition coefficient (Wildman–Crippen LogP) is 4.39. The van der Waals surface area contributed by atoms with Gasteiger partial charge in [-0.05, 0) is 30.0 Å². The second-order valence-electron chi connectivity index (χ2n) is 5.44. The topological polar surface area (TPSA) is 3.24 Å². The van der Waals surface area contributed by atoms with Gasteiger partial charge < -0.3 is 0 Å². The van der Waals surface area contributed by atoms with Crippen LogP contribution in [0.3, 0.4) is 0 Å². The van der Waals surface area contributed by atoms with Crippen molar-refractivity contribution in [2.24, 2.45) is 0 Å². The van der Waals surface area contributed by atoms with Crippen LogP contribution in [-0.4, -0.2) is 10.9 Å². The van der Waals surface area contributed by atoms with Crippen molar-refractivity contribution in [1.82, 2.24) is 4.90 Å². The maximum absolute atomic E-state index is 2.62. The molecule has 0 amide bonds. The molecule has 2 atom stereocenters. The Morgan fingerprint density at radius 1 is 1.05 bits per heavy atom. The van der Waals surface area contributed by atoms with Crippen LogP contribution in [0.4, 0.5) is 0 Å². The highest BCUT2D eigenvalue weighted by atomic mass is 15.2. The lowest BCUT2D eigenvalue weighted by atomic mass is 9.97. The molecule has 1 nitrogen and oxygen atoms in total. The molecule has 0 saturated heterocycles. The van der Waals surface area contributed by atoms with E-state index in [0.717, 1.165) is 6.54 Å². The summed E-state index contributed by atoms with van der Waals surface area (Å²) in [6.07, 6.45) is 1.19. The largest absolute Gasteiger partial charge is 0.285 e. The summed E-state index contributed by atoms with van der Waals surface area (Å²) in [6, 6.07) is 20.8. The summed E-state index contributed by atoms with van der Waals surface area (Å²) in [5, 5.41) is 0. The third-order valence-electron chi connectivity index (χ3n) is 4.31. The third kappa shape index (κ3) is 2.19. The molecular weight excluding hydrogens is 230 g/mol. The molecule has 1 aliphatic rings. The minimum atomic E-state index is 0.423. The number of hydrogen-bond donors (Lipinski definition) is 0. The van der Waals surface area contributed by atoms with E-state index in [1.54, 1.807) is 0 Å². The van der Waals surface area contributed by atoms with Gasteiger partial charge in [-0.3, -0.25) is 4.90 Å². The van der Waals surface area contributed by atoms with Crippen LogP contribution in [0.1, 0.15) is 43.0 Å². The van der Waals surface area contributed by atoms with Gasteiger partial charge >= 0.3 is 0 Å². The zero-order chi connectivity index (χ0) is 13.2. The summed E-state index contributed by atoms with van der Waals surface area (Å²) < 4.78 is 0. The van der Waals surface area contributed by atoms with Gasteiger partial charge in [-0.15, -0.1) is 0 Å². The summed E-state index contributed by atoms with van der Waals surface area (Å²) in [4.78, 5) is 2.62. The highest BCUT2D eigenvalue weighted by molar-refractivity contribution is 5.41. The number of nitrogens with zero attached hydrogens (tertiary/aromatic N) is 1. The number of benzene rings is 2. The van der Waals surface area contributed by atoms with Gasteiger partial charge in [0.15, 0.2) is 0 Å². The summed E-state index contributed by atoms with van der Waals surface area (Å²) >= 11 is 0. The first kappa shape index (κ1) is 12.4. The van der Waals surface area contributed by atoms with Crippen LogP contribution in [-0.2, 0) is 6.54 Å². The van der Waals surface area contributed by atoms with E-state index in [0.29, 0.717) is 12.1 Å². The Hall–Kier alpha value is -1.60. The second-order valence-corrected chi connectivity index (χ2v) is 5.44. The predicted molar refractivity (Wildman–Crippen MR) is 80.0 cm³/mol. The Bertz CT molecular complexity index is 547. The fourth-order valence-corrected chi connectivity index (χ4v) is 3.06. The van der Waals surface area contributed by atoms with E-state index in [9.17, 15) is 0 Å². The van der Waals surface area contributed by atoms with Crippen LogP contribution in [0, 0.1) is 0 Å². The van der Waals surface area contributed by atoms with Crippen molar-refractivity contribution in [3.63, 3.8) is 0 Å². The van der Waals surface area contributed by atoms with E-state index in [-0.39, 0.29) is 0 Å². The summed E-state index contributed by atoms with van der Waals surface area (Å²) in [5.41, 5.74) is 4.37. The number of fused-ring (bicyclic) bond motifs is 1. The molecule has 0 bridgehead atoms. The second kappa shape index (κ2) is 5.18. The Morgan fingerprint density at radius 2 is 1.74 bits per heavy atom. The molecule has 2 aromatic rings. The van der Waals surface area contributed by atoms with E-state index in [1.165, 1.54) is 23.1 Å². The molecule has 0 spiro atoms. The van der Waals surface area contributed by atoms with Crippen molar-refractivity contribution in [2.45, 2.75) is 38.9 Å². The smallest absolute Gasteiger partial charge is 0.0610 e. The monoisotopic (exact) mass is 251 g/mol. The van der Waals surface area contributed by atoms with Gasteiger partial charge in [0.05, 0.1) is 6.04 Å². The molecule has 1 aliphatic heterocycles. The highest BCUT2D eigenvalue weighted by Gasteiger charge is 2.33. The quantitative estimate of drug-likeness (QED) is 0.782. The average Bonchev–Trinajstić information content (AvgIpc) is 2.86. The van der Waals surface area contributed by atoms with Gasteiger partial charge in [0, 0.05) is 12.6 Å². The fourth-order valence-electron chi connectivity index (χ4n) is 3.06. The fraction of sp³-hybridized carbons (Fsp3) is 0.333. The van der Waals surface area contributed by atoms with Crippen molar-refractivity contribution >= 4 is 0 Å². The first-order chi connectivity index (χ1) is 9.31. The van der Waals surface area contributed by atoms with E-state index in [4.69, 9.17) is 0 Å². The average molecular weight is 251 g/mol. The maximum Gasteiger partial charge on any atom is 0.0610 e. The molecule has 0 aliphatic carbocycles. The molecular formula is C18H21N. The SMILES string of the molecule is CCC(C)N1Cc2ccccc2C1c1ccccc1. The Morgan fingerprint density at radius 3 is 2.47 bits per heavy atom.